The minimum absolute atomic E-state index is 0.0673. The van der Waals surface area contributed by atoms with Crippen LogP contribution in [0.25, 0.3) is 0 Å². The van der Waals surface area contributed by atoms with Crippen molar-refractivity contribution in [2.24, 2.45) is 5.92 Å². The van der Waals surface area contributed by atoms with Gasteiger partial charge >= 0.3 is 6.18 Å². The Kier molecular flexibility index (Phi) is 6.08. The molecule has 0 radical (unpaired) electrons. The van der Waals surface area contributed by atoms with Gasteiger partial charge in [0.25, 0.3) is 5.69 Å². The fourth-order valence-corrected chi connectivity index (χ4v) is 4.77. The van der Waals surface area contributed by atoms with Crippen LogP contribution in [0.4, 0.5) is 24.5 Å². The zero-order valence-electron chi connectivity index (χ0n) is 17.4. The number of halogens is 3. The molecule has 9 heteroatoms. The summed E-state index contributed by atoms with van der Waals surface area (Å²) in [6.45, 7) is 1.47. The van der Waals surface area contributed by atoms with E-state index in [0.29, 0.717) is 38.5 Å². The Bertz CT molecular complexity index is 989. The number of likely N-dealkylation sites (tertiary alicyclic amines) is 1. The number of hydrogen-bond acceptors (Lipinski definition) is 4. The van der Waals surface area contributed by atoms with Gasteiger partial charge in [-0.2, -0.15) is 13.2 Å². The SMILES string of the molecule is O=C(C1CCN(c2ccc(C(F)(F)F)cc2[N+](=O)[O-])CC1)N1CCCC1c1ccccc1. The summed E-state index contributed by atoms with van der Waals surface area (Å²) in [7, 11) is 0. The minimum Gasteiger partial charge on any atom is -0.366 e. The third-order valence-corrected chi connectivity index (χ3v) is 6.40. The van der Waals surface area contributed by atoms with E-state index >= 15 is 0 Å². The summed E-state index contributed by atoms with van der Waals surface area (Å²) in [5.74, 6) is -0.0954. The van der Waals surface area contributed by atoms with Crippen molar-refractivity contribution >= 4 is 17.3 Å². The van der Waals surface area contributed by atoms with Crippen LogP contribution in [-0.2, 0) is 11.0 Å². The van der Waals surface area contributed by atoms with Crippen LogP contribution < -0.4 is 4.90 Å². The van der Waals surface area contributed by atoms with Crippen LogP contribution >= 0.6 is 0 Å². The van der Waals surface area contributed by atoms with E-state index in [4.69, 9.17) is 0 Å². The fourth-order valence-electron chi connectivity index (χ4n) is 4.77. The largest absolute Gasteiger partial charge is 0.416 e. The highest BCUT2D eigenvalue weighted by Gasteiger charge is 2.37. The highest BCUT2D eigenvalue weighted by atomic mass is 19.4. The van der Waals surface area contributed by atoms with Gasteiger partial charge in [-0.3, -0.25) is 14.9 Å². The Morgan fingerprint density at radius 1 is 1.00 bits per heavy atom. The number of nitro benzene ring substituents is 1. The molecule has 0 saturated carbocycles. The van der Waals surface area contributed by atoms with Crippen molar-refractivity contribution in [3.8, 4) is 0 Å². The van der Waals surface area contributed by atoms with Gasteiger partial charge in [0.05, 0.1) is 16.5 Å². The number of nitrogens with zero attached hydrogens (tertiary/aromatic N) is 3. The maximum Gasteiger partial charge on any atom is 0.416 e. The molecule has 4 rings (SSSR count). The summed E-state index contributed by atoms with van der Waals surface area (Å²) in [6.07, 6.45) is -1.76. The number of piperidine rings is 1. The Balaban J connectivity index is 1.45. The van der Waals surface area contributed by atoms with Crippen LogP contribution in [-0.4, -0.2) is 35.4 Å². The highest BCUT2D eigenvalue weighted by molar-refractivity contribution is 5.80. The van der Waals surface area contributed by atoms with Crippen LogP contribution in [0.3, 0.4) is 0 Å². The van der Waals surface area contributed by atoms with E-state index in [1.54, 1.807) is 4.90 Å². The number of amides is 1. The van der Waals surface area contributed by atoms with Crippen molar-refractivity contribution in [1.29, 1.82) is 0 Å². The molecule has 0 aliphatic carbocycles. The van der Waals surface area contributed by atoms with Gasteiger partial charge in [0, 0.05) is 31.6 Å². The first-order valence-corrected chi connectivity index (χ1v) is 10.7. The van der Waals surface area contributed by atoms with Crippen molar-refractivity contribution in [2.75, 3.05) is 24.5 Å². The lowest BCUT2D eigenvalue weighted by Gasteiger charge is -2.36. The minimum atomic E-state index is -4.65. The van der Waals surface area contributed by atoms with E-state index in [0.717, 1.165) is 30.5 Å². The molecule has 0 spiro atoms. The molecule has 0 aromatic heterocycles. The Morgan fingerprint density at radius 2 is 1.69 bits per heavy atom. The van der Waals surface area contributed by atoms with Crippen LogP contribution in [0.15, 0.2) is 48.5 Å². The van der Waals surface area contributed by atoms with Crippen molar-refractivity contribution in [2.45, 2.75) is 37.9 Å². The van der Waals surface area contributed by atoms with Crippen LogP contribution in [0.1, 0.15) is 42.9 Å². The first-order valence-electron chi connectivity index (χ1n) is 10.7. The van der Waals surface area contributed by atoms with E-state index < -0.39 is 22.4 Å². The molecule has 1 amide bonds. The third-order valence-electron chi connectivity index (χ3n) is 6.40. The Morgan fingerprint density at radius 3 is 2.31 bits per heavy atom. The zero-order valence-corrected chi connectivity index (χ0v) is 17.4. The molecule has 32 heavy (non-hydrogen) atoms. The lowest BCUT2D eigenvalue weighted by Crippen LogP contribution is -2.42. The maximum atomic E-state index is 13.2. The van der Waals surface area contributed by atoms with Gasteiger partial charge in [-0.25, -0.2) is 0 Å². The molecule has 2 aromatic rings. The average molecular weight is 447 g/mol. The number of nitro groups is 1. The first-order chi connectivity index (χ1) is 15.3. The average Bonchev–Trinajstić information content (AvgIpc) is 3.28. The van der Waals surface area contributed by atoms with Crippen LogP contribution in [0.2, 0.25) is 0 Å². The van der Waals surface area contributed by atoms with E-state index in [2.05, 4.69) is 0 Å². The van der Waals surface area contributed by atoms with E-state index in [1.807, 2.05) is 35.2 Å². The number of anilines is 1. The normalized spacial score (nSPS) is 19.9. The summed E-state index contributed by atoms with van der Waals surface area (Å²) >= 11 is 0. The predicted octanol–water partition coefficient (Wildman–Crippen LogP) is 5.19. The second-order valence-corrected chi connectivity index (χ2v) is 8.32. The summed E-state index contributed by atoms with van der Waals surface area (Å²) in [6, 6.07) is 12.6. The molecule has 2 saturated heterocycles. The van der Waals surface area contributed by atoms with Gasteiger partial charge in [0.1, 0.15) is 5.69 Å². The topological polar surface area (TPSA) is 66.7 Å². The molecule has 170 valence electrons. The molecule has 2 aliphatic heterocycles. The number of alkyl halides is 3. The number of rotatable bonds is 4. The van der Waals surface area contributed by atoms with Crippen LogP contribution in [0.5, 0.6) is 0 Å². The molecule has 6 nitrogen and oxygen atoms in total. The number of benzene rings is 2. The molecular formula is C23H24F3N3O3. The standard InChI is InChI=1S/C23H24F3N3O3/c24-23(25,26)18-8-9-20(21(15-18)29(31)32)27-13-10-17(11-14-27)22(30)28-12-4-7-19(28)16-5-2-1-3-6-16/h1-3,5-6,8-9,15,17,19H,4,7,10-14H2. The molecule has 0 N–H and O–H groups in total. The summed E-state index contributed by atoms with van der Waals surface area (Å²) < 4.78 is 38.9. The zero-order chi connectivity index (χ0) is 22.9. The quantitative estimate of drug-likeness (QED) is 0.478. The molecule has 2 aromatic carbocycles. The number of carbonyl (C=O) groups is 1. The predicted molar refractivity (Wildman–Crippen MR) is 113 cm³/mol. The molecule has 2 heterocycles. The molecule has 0 bridgehead atoms. The fraction of sp³-hybridized carbons (Fsp3) is 0.435. The van der Waals surface area contributed by atoms with Gasteiger partial charge in [-0.05, 0) is 43.4 Å². The van der Waals surface area contributed by atoms with Crippen molar-refractivity contribution in [1.82, 2.24) is 4.90 Å². The Hall–Kier alpha value is -3.10. The second kappa shape index (κ2) is 8.80. The van der Waals surface area contributed by atoms with Gasteiger partial charge in [-0.15, -0.1) is 0 Å². The highest BCUT2D eigenvalue weighted by Crippen LogP contribution is 2.39. The third kappa shape index (κ3) is 4.42. The maximum absolute atomic E-state index is 13.2. The van der Waals surface area contributed by atoms with Gasteiger partial charge in [0.15, 0.2) is 0 Å². The number of hydrogen-bond donors (Lipinski definition) is 0. The molecule has 2 aliphatic rings. The smallest absolute Gasteiger partial charge is 0.366 e. The summed E-state index contributed by atoms with van der Waals surface area (Å²) in [5, 5.41) is 11.4. The van der Waals surface area contributed by atoms with Gasteiger partial charge in [0.2, 0.25) is 5.91 Å². The van der Waals surface area contributed by atoms with Gasteiger partial charge < -0.3 is 9.80 Å². The number of carbonyl (C=O) groups excluding carboxylic acids is 1. The summed E-state index contributed by atoms with van der Waals surface area (Å²) in [4.78, 5) is 27.5. The van der Waals surface area contributed by atoms with E-state index in [-0.39, 0.29) is 23.6 Å². The van der Waals surface area contributed by atoms with E-state index in [9.17, 15) is 28.1 Å². The second-order valence-electron chi connectivity index (χ2n) is 8.32. The summed E-state index contributed by atoms with van der Waals surface area (Å²) in [5.41, 5.74) is -0.319. The molecule has 1 atom stereocenters. The van der Waals surface area contributed by atoms with E-state index in [1.165, 1.54) is 0 Å². The molecular weight excluding hydrogens is 423 g/mol. The van der Waals surface area contributed by atoms with Crippen molar-refractivity contribution in [3.63, 3.8) is 0 Å². The van der Waals surface area contributed by atoms with Crippen LogP contribution in [0, 0.1) is 16.0 Å². The molecule has 2 fully saturated rings. The molecule has 1 unspecified atom stereocenters. The first kappa shape index (κ1) is 22.1. The van der Waals surface area contributed by atoms with Crippen molar-refractivity contribution in [3.05, 3.63) is 69.8 Å². The lowest BCUT2D eigenvalue weighted by atomic mass is 9.93. The lowest BCUT2D eigenvalue weighted by molar-refractivity contribution is -0.384. The Labute approximate surface area is 183 Å². The monoisotopic (exact) mass is 447 g/mol. The van der Waals surface area contributed by atoms with Gasteiger partial charge in [-0.1, -0.05) is 30.3 Å². The van der Waals surface area contributed by atoms with Crippen molar-refractivity contribution < 1.29 is 22.9 Å².